The van der Waals surface area contributed by atoms with Gasteiger partial charge in [-0.25, -0.2) is 4.99 Å². The van der Waals surface area contributed by atoms with Crippen molar-refractivity contribution >= 4 is 5.71 Å². The van der Waals surface area contributed by atoms with Crippen molar-refractivity contribution in [3.8, 4) is 0 Å². The zero-order valence-electron chi connectivity index (χ0n) is 18.0. The van der Waals surface area contributed by atoms with Crippen LogP contribution in [-0.4, -0.2) is 5.71 Å². The van der Waals surface area contributed by atoms with E-state index in [0.717, 1.165) is 17.9 Å². The molecule has 154 valence electrons. The van der Waals surface area contributed by atoms with Gasteiger partial charge in [0, 0.05) is 11.6 Å². The Labute approximate surface area is 176 Å². The third-order valence-electron chi connectivity index (χ3n) is 6.46. The van der Waals surface area contributed by atoms with Crippen LogP contribution in [0.2, 0.25) is 0 Å². The van der Waals surface area contributed by atoms with Gasteiger partial charge >= 0.3 is 0 Å². The van der Waals surface area contributed by atoms with E-state index in [1.54, 1.807) is 5.57 Å². The summed E-state index contributed by atoms with van der Waals surface area (Å²) in [4.78, 5) is 5.09. The number of benzene rings is 1. The minimum absolute atomic E-state index is 0.523. The molecular weight excluding hydrogens is 354 g/mol. The highest BCUT2D eigenvalue weighted by molar-refractivity contribution is 6.05. The maximum absolute atomic E-state index is 6.26. The van der Waals surface area contributed by atoms with Crippen LogP contribution in [0.4, 0.5) is 0 Å². The molecule has 2 aliphatic carbocycles. The van der Waals surface area contributed by atoms with Gasteiger partial charge < -0.3 is 4.74 Å². The van der Waals surface area contributed by atoms with Crippen LogP contribution >= 0.6 is 0 Å². The van der Waals surface area contributed by atoms with Crippen LogP contribution in [-0.2, 0) is 11.3 Å². The van der Waals surface area contributed by atoms with Crippen LogP contribution in [0.1, 0.15) is 83.1 Å². The van der Waals surface area contributed by atoms with Gasteiger partial charge in [-0.1, -0.05) is 81.9 Å². The molecule has 1 aromatic rings. The van der Waals surface area contributed by atoms with Gasteiger partial charge in [0.05, 0.1) is 0 Å². The molecule has 1 heterocycles. The topological polar surface area (TPSA) is 21.6 Å². The van der Waals surface area contributed by atoms with Gasteiger partial charge in [0.25, 0.3) is 0 Å². The van der Waals surface area contributed by atoms with Crippen LogP contribution in [0.3, 0.4) is 0 Å². The Hall–Kier alpha value is -2.09. The number of hydrogen-bond donors (Lipinski definition) is 0. The van der Waals surface area contributed by atoms with E-state index in [2.05, 4.69) is 49.4 Å². The number of hydrogen-bond acceptors (Lipinski definition) is 2. The molecule has 29 heavy (non-hydrogen) atoms. The molecule has 4 rings (SSSR count). The average molecular weight is 390 g/mol. The molecule has 2 nitrogen and oxygen atoms in total. The highest BCUT2D eigenvalue weighted by Crippen LogP contribution is 2.44. The minimum atomic E-state index is 0.523. The van der Waals surface area contributed by atoms with Crippen molar-refractivity contribution in [2.45, 2.75) is 84.2 Å². The molecule has 0 bridgehead atoms. The highest BCUT2D eigenvalue weighted by Gasteiger charge is 2.33. The molecular formula is C27H35NO. The number of unbranched alkanes of at least 4 members (excludes halogenated alkanes) is 5. The smallest absolute Gasteiger partial charge is 0.145 e. The van der Waals surface area contributed by atoms with Gasteiger partial charge in [-0.2, -0.15) is 0 Å². The Morgan fingerprint density at radius 2 is 1.76 bits per heavy atom. The Morgan fingerprint density at radius 3 is 2.62 bits per heavy atom. The summed E-state index contributed by atoms with van der Waals surface area (Å²) in [7, 11) is 0. The summed E-state index contributed by atoms with van der Waals surface area (Å²) in [5.74, 6) is 1.49. The first-order valence-corrected chi connectivity index (χ1v) is 11.8. The molecule has 1 unspecified atom stereocenters. The number of fused-ring (bicyclic) bond motifs is 2. The summed E-state index contributed by atoms with van der Waals surface area (Å²) in [6.07, 6.45) is 18.9. The Morgan fingerprint density at radius 1 is 0.966 bits per heavy atom. The Kier molecular flexibility index (Phi) is 7.03. The molecule has 1 atom stereocenters. The first-order chi connectivity index (χ1) is 14.4. The van der Waals surface area contributed by atoms with Gasteiger partial charge in [0.15, 0.2) is 0 Å². The van der Waals surface area contributed by atoms with Gasteiger partial charge in [0.1, 0.15) is 18.1 Å². The van der Waals surface area contributed by atoms with E-state index in [0.29, 0.717) is 12.5 Å². The lowest BCUT2D eigenvalue weighted by Crippen LogP contribution is -2.13. The number of nitrogens with zero attached hydrogens (tertiary/aromatic N) is 1. The molecule has 0 amide bonds. The second kappa shape index (κ2) is 10.1. The predicted octanol–water partition coefficient (Wildman–Crippen LogP) is 7.68. The SMILES string of the molecule is CCCCCCCCC1C=CC(OCc2ccccc2)=C2N=C3CCCCC3=C21. The van der Waals surface area contributed by atoms with Gasteiger partial charge in [-0.05, 0) is 54.9 Å². The van der Waals surface area contributed by atoms with E-state index in [1.165, 1.54) is 81.1 Å². The average Bonchev–Trinajstić information content (AvgIpc) is 3.16. The monoisotopic (exact) mass is 389 g/mol. The standard InChI is InChI=1S/C27H35NO/c1-2-3-4-5-6-10-15-22-18-19-25(29-20-21-13-8-7-9-14-21)27-26(22)23-16-11-12-17-24(23)28-27/h7-9,13-14,18-19,22H,2-6,10-12,15-17,20H2,1H3. The van der Waals surface area contributed by atoms with E-state index in [1.807, 2.05) is 0 Å². The van der Waals surface area contributed by atoms with Crippen molar-refractivity contribution in [2.24, 2.45) is 10.9 Å². The summed E-state index contributed by atoms with van der Waals surface area (Å²) in [6, 6.07) is 10.4. The molecule has 0 saturated heterocycles. The minimum Gasteiger partial charge on any atom is -0.487 e. The summed E-state index contributed by atoms with van der Waals surface area (Å²) in [5, 5.41) is 0. The Balaban J connectivity index is 1.46. The van der Waals surface area contributed by atoms with E-state index in [9.17, 15) is 0 Å². The molecule has 2 heteroatoms. The van der Waals surface area contributed by atoms with E-state index in [-0.39, 0.29) is 0 Å². The maximum atomic E-state index is 6.26. The third kappa shape index (κ3) is 4.91. The summed E-state index contributed by atoms with van der Waals surface area (Å²) in [5.41, 5.74) is 6.75. The highest BCUT2D eigenvalue weighted by atomic mass is 16.5. The van der Waals surface area contributed by atoms with Crippen LogP contribution in [0.5, 0.6) is 0 Å². The van der Waals surface area contributed by atoms with Crippen molar-refractivity contribution in [1.29, 1.82) is 0 Å². The zero-order chi connectivity index (χ0) is 19.9. The fraction of sp³-hybridized carbons (Fsp3) is 0.519. The number of aliphatic imine (C=N–C) groups is 1. The van der Waals surface area contributed by atoms with Gasteiger partial charge in [-0.3, -0.25) is 0 Å². The fourth-order valence-electron chi connectivity index (χ4n) is 4.84. The van der Waals surface area contributed by atoms with Crippen LogP contribution in [0.15, 0.2) is 70.1 Å². The number of allylic oxidation sites excluding steroid dienone is 4. The molecule has 3 aliphatic rings. The lowest BCUT2D eigenvalue weighted by Gasteiger charge is -2.24. The summed E-state index contributed by atoms with van der Waals surface area (Å²) < 4.78 is 6.26. The maximum Gasteiger partial charge on any atom is 0.145 e. The molecule has 1 saturated carbocycles. The van der Waals surface area contributed by atoms with Gasteiger partial charge in [0.2, 0.25) is 0 Å². The first-order valence-electron chi connectivity index (χ1n) is 11.8. The predicted molar refractivity (Wildman–Crippen MR) is 122 cm³/mol. The second-order valence-corrected chi connectivity index (χ2v) is 8.67. The van der Waals surface area contributed by atoms with Crippen molar-refractivity contribution < 1.29 is 4.74 Å². The number of rotatable bonds is 10. The first kappa shape index (κ1) is 20.2. The molecule has 0 aromatic heterocycles. The molecule has 0 spiro atoms. The number of ether oxygens (including phenoxy) is 1. The Bertz CT molecular complexity index is 812. The fourth-order valence-corrected chi connectivity index (χ4v) is 4.84. The van der Waals surface area contributed by atoms with E-state index < -0.39 is 0 Å². The van der Waals surface area contributed by atoms with Crippen LogP contribution < -0.4 is 0 Å². The van der Waals surface area contributed by atoms with E-state index in [4.69, 9.17) is 9.73 Å². The lowest BCUT2D eigenvalue weighted by molar-refractivity contribution is 0.206. The van der Waals surface area contributed by atoms with Crippen molar-refractivity contribution in [3.05, 3.63) is 70.6 Å². The molecule has 1 aliphatic heterocycles. The third-order valence-corrected chi connectivity index (χ3v) is 6.46. The quantitative estimate of drug-likeness (QED) is 0.376. The molecule has 1 aromatic carbocycles. The second-order valence-electron chi connectivity index (χ2n) is 8.67. The summed E-state index contributed by atoms with van der Waals surface area (Å²) >= 11 is 0. The molecule has 0 radical (unpaired) electrons. The largest absolute Gasteiger partial charge is 0.487 e. The summed E-state index contributed by atoms with van der Waals surface area (Å²) in [6.45, 7) is 2.90. The normalized spacial score (nSPS) is 20.6. The van der Waals surface area contributed by atoms with Gasteiger partial charge in [-0.15, -0.1) is 0 Å². The molecule has 0 N–H and O–H groups in total. The van der Waals surface area contributed by atoms with Crippen LogP contribution in [0.25, 0.3) is 0 Å². The van der Waals surface area contributed by atoms with Crippen molar-refractivity contribution in [1.82, 2.24) is 0 Å². The lowest BCUT2D eigenvalue weighted by atomic mass is 9.81. The van der Waals surface area contributed by atoms with Crippen LogP contribution in [0, 0.1) is 5.92 Å². The van der Waals surface area contributed by atoms with Crippen molar-refractivity contribution in [2.75, 3.05) is 0 Å². The zero-order valence-corrected chi connectivity index (χ0v) is 18.0. The van der Waals surface area contributed by atoms with Crippen molar-refractivity contribution in [3.63, 3.8) is 0 Å². The van der Waals surface area contributed by atoms with E-state index >= 15 is 0 Å². The molecule has 1 fully saturated rings.